The Kier molecular flexibility index (Phi) is 4.78. The van der Waals surface area contributed by atoms with E-state index in [4.69, 9.17) is 0 Å². The molecule has 0 radical (unpaired) electrons. The van der Waals surface area contributed by atoms with Crippen LogP contribution in [-0.2, 0) is 11.3 Å². The third-order valence-electron chi connectivity index (χ3n) is 3.59. The van der Waals surface area contributed by atoms with E-state index in [-0.39, 0.29) is 11.5 Å². The van der Waals surface area contributed by atoms with Gasteiger partial charge in [-0.25, -0.2) is 0 Å². The molecular weight excluding hydrogens is 264 g/mol. The van der Waals surface area contributed by atoms with Gasteiger partial charge in [-0.1, -0.05) is 26.0 Å². The Balaban J connectivity index is 2.37. The van der Waals surface area contributed by atoms with Crippen LogP contribution in [0.2, 0.25) is 0 Å². The van der Waals surface area contributed by atoms with E-state index in [2.05, 4.69) is 4.98 Å². The average Bonchev–Trinajstić information content (AvgIpc) is 2.46. The molecule has 1 amide bonds. The number of hydrogen-bond donors (Lipinski definition) is 1. The second kappa shape index (κ2) is 6.57. The summed E-state index contributed by atoms with van der Waals surface area (Å²) in [5.74, 6) is 0.0836. The topological polar surface area (TPSA) is 53.2 Å². The molecule has 21 heavy (non-hydrogen) atoms. The van der Waals surface area contributed by atoms with Crippen molar-refractivity contribution >= 4 is 16.8 Å². The summed E-state index contributed by atoms with van der Waals surface area (Å²) >= 11 is 0. The standard InChI is InChI=1S/C17H22N2O2/c1-4-8-19(16(20)5-2)11-14-10-13-7-6-12(3)9-15(13)18-17(14)21/h6-7,9-10H,4-5,8,11H2,1-3H3,(H,18,21). The molecule has 1 N–H and O–H groups in total. The van der Waals surface area contributed by atoms with Crippen LogP contribution in [0.5, 0.6) is 0 Å². The monoisotopic (exact) mass is 286 g/mol. The van der Waals surface area contributed by atoms with Crippen LogP contribution in [0.4, 0.5) is 0 Å². The van der Waals surface area contributed by atoms with Gasteiger partial charge in [0.25, 0.3) is 5.56 Å². The molecule has 0 unspecified atom stereocenters. The van der Waals surface area contributed by atoms with Crippen molar-refractivity contribution in [2.24, 2.45) is 0 Å². The number of carbonyl (C=O) groups is 1. The maximum Gasteiger partial charge on any atom is 0.253 e. The fraction of sp³-hybridized carbons (Fsp3) is 0.412. The first-order chi connectivity index (χ1) is 10.0. The molecule has 0 atom stereocenters. The number of H-pyrrole nitrogens is 1. The van der Waals surface area contributed by atoms with Crippen LogP contribution in [0.25, 0.3) is 10.9 Å². The molecule has 2 aromatic rings. The molecule has 4 heteroatoms. The number of pyridine rings is 1. The molecular formula is C17H22N2O2. The van der Waals surface area contributed by atoms with Crippen molar-refractivity contribution < 1.29 is 4.79 Å². The molecule has 0 saturated heterocycles. The Bertz CT molecular complexity index is 703. The molecule has 1 aromatic heterocycles. The van der Waals surface area contributed by atoms with Gasteiger partial charge in [0.05, 0.1) is 6.54 Å². The number of carbonyl (C=O) groups excluding carboxylic acids is 1. The lowest BCUT2D eigenvalue weighted by Gasteiger charge is -2.21. The number of aromatic nitrogens is 1. The summed E-state index contributed by atoms with van der Waals surface area (Å²) in [6.07, 6.45) is 1.35. The Morgan fingerprint density at radius 2 is 2.00 bits per heavy atom. The van der Waals surface area contributed by atoms with E-state index in [0.717, 1.165) is 22.9 Å². The van der Waals surface area contributed by atoms with Crippen LogP contribution in [0.3, 0.4) is 0 Å². The smallest absolute Gasteiger partial charge is 0.253 e. The van der Waals surface area contributed by atoms with Crippen LogP contribution >= 0.6 is 0 Å². The molecule has 0 spiro atoms. The van der Waals surface area contributed by atoms with E-state index in [9.17, 15) is 9.59 Å². The van der Waals surface area contributed by atoms with Crippen molar-refractivity contribution in [1.29, 1.82) is 0 Å². The maximum absolute atomic E-state index is 12.2. The maximum atomic E-state index is 12.2. The highest BCUT2D eigenvalue weighted by atomic mass is 16.2. The molecule has 1 heterocycles. The number of aromatic amines is 1. The van der Waals surface area contributed by atoms with Crippen molar-refractivity contribution in [3.05, 3.63) is 45.7 Å². The van der Waals surface area contributed by atoms with Gasteiger partial charge in [0.1, 0.15) is 0 Å². The van der Waals surface area contributed by atoms with E-state index in [1.807, 2.05) is 45.0 Å². The highest BCUT2D eigenvalue weighted by Crippen LogP contribution is 2.14. The summed E-state index contributed by atoms with van der Waals surface area (Å²) in [7, 11) is 0. The minimum atomic E-state index is -0.113. The van der Waals surface area contributed by atoms with Crippen molar-refractivity contribution in [2.45, 2.75) is 40.2 Å². The Labute approximate surface area is 124 Å². The molecule has 1 aromatic carbocycles. The minimum Gasteiger partial charge on any atom is -0.338 e. The van der Waals surface area contributed by atoms with E-state index in [1.54, 1.807) is 4.90 Å². The summed E-state index contributed by atoms with van der Waals surface area (Å²) < 4.78 is 0. The van der Waals surface area contributed by atoms with Gasteiger partial charge in [-0.2, -0.15) is 0 Å². The molecule has 0 bridgehead atoms. The lowest BCUT2D eigenvalue weighted by Crippen LogP contribution is -2.32. The largest absolute Gasteiger partial charge is 0.338 e. The fourth-order valence-electron chi connectivity index (χ4n) is 2.47. The van der Waals surface area contributed by atoms with Crippen LogP contribution in [-0.4, -0.2) is 22.3 Å². The summed E-state index contributed by atoms with van der Waals surface area (Å²) in [5.41, 5.74) is 2.48. The van der Waals surface area contributed by atoms with Gasteiger partial charge in [-0.15, -0.1) is 0 Å². The second-order valence-electron chi connectivity index (χ2n) is 5.38. The quantitative estimate of drug-likeness (QED) is 0.918. The van der Waals surface area contributed by atoms with Gasteiger partial charge in [-0.3, -0.25) is 9.59 Å². The zero-order valence-corrected chi connectivity index (χ0v) is 12.9. The van der Waals surface area contributed by atoms with Gasteiger partial charge in [0.2, 0.25) is 5.91 Å². The molecule has 0 aliphatic carbocycles. The fourth-order valence-corrected chi connectivity index (χ4v) is 2.47. The second-order valence-corrected chi connectivity index (χ2v) is 5.38. The molecule has 0 saturated carbocycles. The number of fused-ring (bicyclic) bond motifs is 1. The SMILES string of the molecule is CCCN(Cc1cc2ccc(C)cc2[nH]c1=O)C(=O)CC. The highest BCUT2D eigenvalue weighted by Gasteiger charge is 2.13. The predicted octanol–water partition coefficient (Wildman–Crippen LogP) is 2.99. The first-order valence-corrected chi connectivity index (χ1v) is 7.45. The molecule has 0 fully saturated rings. The predicted molar refractivity (Wildman–Crippen MR) is 85.3 cm³/mol. The van der Waals surface area contributed by atoms with E-state index in [0.29, 0.717) is 25.1 Å². The van der Waals surface area contributed by atoms with Crippen LogP contribution in [0.1, 0.15) is 37.8 Å². The molecule has 0 aliphatic rings. The lowest BCUT2D eigenvalue weighted by atomic mass is 10.1. The molecule has 112 valence electrons. The Hall–Kier alpha value is -2.10. The number of benzene rings is 1. The van der Waals surface area contributed by atoms with Crippen LogP contribution in [0, 0.1) is 6.92 Å². The Morgan fingerprint density at radius 3 is 2.67 bits per heavy atom. The third-order valence-corrected chi connectivity index (χ3v) is 3.59. The lowest BCUT2D eigenvalue weighted by molar-refractivity contribution is -0.131. The van der Waals surface area contributed by atoms with Crippen molar-refractivity contribution in [2.75, 3.05) is 6.54 Å². The summed E-state index contributed by atoms with van der Waals surface area (Å²) in [6.45, 7) is 6.92. The summed E-state index contributed by atoms with van der Waals surface area (Å²) in [4.78, 5) is 28.8. The van der Waals surface area contributed by atoms with E-state index >= 15 is 0 Å². The van der Waals surface area contributed by atoms with Gasteiger partial charge >= 0.3 is 0 Å². The summed E-state index contributed by atoms with van der Waals surface area (Å²) in [6, 6.07) is 7.86. The number of nitrogens with one attached hydrogen (secondary N) is 1. The first kappa shape index (κ1) is 15.3. The zero-order valence-electron chi connectivity index (χ0n) is 12.9. The van der Waals surface area contributed by atoms with Gasteiger partial charge in [0, 0.05) is 24.0 Å². The average molecular weight is 286 g/mol. The minimum absolute atomic E-state index is 0.0836. The van der Waals surface area contributed by atoms with Crippen LogP contribution in [0.15, 0.2) is 29.1 Å². The number of nitrogens with zero attached hydrogens (tertiary/aromatic N) is 1. The molecule has 0 aliphatic heterocycles. The van der Waals surface area contributed by atoms with Crippen LogP contribution < -0.4 is 5.56 Å². The third kappa shape index (κ3) is 3.51. The number of amides is 1. The van der Waals surface area contributed by atoms with E-state index in [1.165, 1.54) is 0 Å². The van der Waals surface area contributed by atoms with Crippen molar-refractivity contribution in [1.82, 2.24) is 9.88 Å². The van der Waals surface area contributed by atoms with Gasteiger partial charge < -0.3 is 9.88 Å². The molecule has 4 nitrogen and oxygen atoms in total. The number of rotatable bonds is 5. The van der Waals surface area contributed by atoms with Gasteiger partial charge in [-0.05, 0) is 36.4 Å². The highest BCUT2D eigenvalue weighted by molar-refractivity contribution is 5.80. The van der Waals surface area contributed by atoms with Gasteiger partial charge in [0.15, 0.2) is 0 Å². The summed E-state index contributed by atoms with van der Waals surface area (Å²) in [5, 5.41) is 0.996. The molecule has 2 rings (SSSR count). The number of hydrogen-bond acceptors (Lipinski definition) is 2. The van der Waals surface area contributed by atoms with Crippen molar-refractivity contribution in [3.8, 4) is 0 Å². The first-order valence-electron chi connectivity index (χ1n) is 7.45. The Morgan fingerprint density at radius 1 is 1.24 bits per heavy atom. The normalized spacial score (nSPS) is 10.8. The zero-order chi connectivity index (χ0) is 15.4. The van der Waals surface area contributed by atoms with E-state index < -0.39 is 0 Å². The van der Waals surface area contributed by atoms with Crippen molar-refractivity contribution in [3.63, 3.8) is 0 Å². The number of aryl methyl sites for hydroxylation is 1.